The van der Waals surface area contributed by atoms with Crippen molar-refractivity contribution in [2.45, 2.75) is 20.0 Å². The van der Waals surface area contributed by atoms with Crippen LogP contribution in [0.4, 0.5) is 0 Å². The molecule has 2 N–H and O–H groups in total. The SMILES string of the molecule is CCNC(=NCc1coc(-c2cccs2)n1)N(C)Cc1ncc(-c2ccccc2)[nH]1.I. The van der Waals surface area contributed by atoms with Gasteiger partial charge in [-0.15, -0.1) is 35.3 Å². The average molecular weight is 548 g/mol. The van der Waals surface area contributed by atoms with Crippen LogP contribution in [0.1, 0.15) is 18.4 Å². The van der Waals surface area contributed by atoms with Crippen LogP contribution in [0.3, 0.4) is 0 Å². The van der Waals surface area contributed by atoms with E-state index in [1.54, 1.807) is 17.6 Å². The van der Waals surface area contributed by atoms with Crippen molar-refractivity contribution < 1.29 is 4.42 Å². The quantitative estimate of drug-likeness (QED) is 0.193. The maximum Gasteiger partial charge on any atom is 0.236 e. The highest BCUT2D eigenvalue weighted by molar-refractivity contribution is 14.0. The number of thiophene rings is 1. The summed E-state index contributed by atoms with van der Waals surface area (Å²) in [5, 5.41) is 5.33. The van der Waals surface area contributed by atoms with E-state index >= 15 is 0 Å². The number of aromatic amines is 1. The molecule has 0 aliphatic heterocycles. The summed E-state index contributed by atoms with van der Waals surface area (Å²) in [6, 6.07) is 14.2. The zero-order valence-electron chi connectivity index (χ0n) is 17.4. The van der Waals surface area contributed by atoms with Gasteiger partial charge < -0.3 is 19.6 Å². The molecule has 0 fully saturated rings. The number of hydrogen-bond acceptors (Lipinski definition) is 5. The Morgan fingerprint density at radius 3 is 2.81 bits per heavy atom. The van der Waals surface area contributed by atoms with Crippen LogP contribution in [0.5, 0.6) is 0 Å². The summed E-state index contributed by atoms with van der Waals surface area (Å²) < 4.78 is 5.58. The number of imidazole rings is 1. The fourth-order valence-corrected chi connectivity index (χ4v) is 3.68. The van der Waals surface area contributed by atoms with Crippen molar-refractivity contribution in [1.82, 2.24) is 25.2 Å². The number of hydrogen-bond donors (Lipinski definition) is 2. The van der Waals surface area contributed by atoms with Crippen LogP contribution in [0.25, 0.3) is 22.0 Å². The summed E-state index contributed by atoms with van der Waals surface area (Å²) in [5.41, 5.74) is 2.92. The number of aromatic nitrogens is 3. The number of nitrogens with zero attached hydrogens (tertiary/aromatic N) is 4. The number of oxazole rings is 1. The van der Waals surface area contributed by atoms with Gasteiger partial charge in [0.05, 0.1) is 29.9 Å². The second kappa shape index (κ2) is 11.1. The van der Waals surface area contributed by atoms with Crippen LogP contribution >= 0.6 is 35.3 Å². The van der Waals surface area contributed by atoms with Crippen LogP contribution in [-0.2, 0) is 13.1 Å². The topological polar surface area (TPSA) is 82.3 Å². The molecule has 0 aliphatic rings. The Balaban J connectivity index is 0.00000272. The van der Waals surface area contributed by atoms with Gasteiger partial charge in [-0.3, -0.25) is 0 Å². The molecule has 0 aliphatic carbocycles. The molecule has 0 saturated heterocycles. The molecule has 0 bridgehead atoms. The third-order valence-corrected chi connectivity index (χ3v) is 5.33. The second-order valence-electron chi connectivity index (χ2n) is 6.76. The van der Waals surface area contributed by atoms with E-state index in [2.05, 4.69) is 39.3 Å². The van der Waals surface area contributed by atoms with Gasteiger partial charge in [-0.25, -0.2) is 15.0 Å². The summed E-state index contributed by atoms with van der Waals surface area (Å²) in [5.74, 6) is 2.30. The Hall–Kier alpha value is -2.66. The zero-order valence-corrected chi connectivity index (χ0v) is 20.6. The van der Waals surface area contributed by atoms with Crippen molar-refractivity contribution in [3.63, 3.8) is 0 Å². The van der Waals surface area contributed by atoms with Gasteiger partial charge in [0.2, 0.25) is 5.89 Å². The van der Waals surface area contributed by atoms with Crippen molar-refractivity contribution in [2.75, 3.05) is 13.6 Å². The van der Waals surface area contributed by atoms with Crippen molar-refractivity contribution in [1.29, 1.82) is 0 Å². The molecule has 3 aromatic heterocycles. The molecule has 4 aromatic rings. The Labute approximate surface area is 202 Å². The molecule has 0 radical (unpaired) electrons. The minimum atomic E-state index is 0. The largest absolute Gasteiger partial charge is 0.443 e. The first-order valence-corrected chi connectivity index (χ1v) is 10.7. The van der Waals surface area contributed by atoms with Crippen molar-refractivity contribution in [3.05, 3.63) is 71.8 Å². The molecule has 7 nitrogen and oxygen atoms in total. The number of benzene rings is 1. The van der Waals surface area contributed by atoms with E-state index in [1.165, 1.54) is 0 Å². The normalized spacial score (nSPS) is 11.2. The summed E-state index contributed by atoms with van der Waals surface area (Å²) >= 11 is 1.61. The van der Waals surface area contributed by atoms with Crippen LogP contribution in [0.2, 0.25) is 0 Å². The molecule has 4 rings (SSSR count). The number of nitrogens with one attached hydrogen (secondary N) is 2. The van der Waals surface area contributed by atoms with E-state index in [-0.39, 0.29) is 24.0 Å². The highest BCUT2D eigenvalue weighted by Gasteiger charge is 2.11. The number of halogens is 1. The third-order valence-electron chi connectivity index (χ3n) is 4.47. The maximum absolute atomic E-state index is 5.58. The summed E-state index contributed by atoms with van der Waals surface area (Å²) in [6.45, 7) is 3.87. The van der Waals surface area contributed by atoms with E-state index in [9.17, 15) is 0 Å². The lowest BCUT2D eigenvalue weighted by Gasteiger charge is -2.20. The number of aliphatic imine (C=N–C) groups is 1. The van der Waals surface area contributed by atoms with Gasteiger partial charge in [0.25, 0.3) is 0 Å². The smallest absolute Gasteiger partial charge is 0.236 e. The van der Waals surface area contributed by atoms with E-state index in [0.29, 0.717) is 19.0 Å². The summed E-state index contributed by atoms with van der Waals surface area (Å²) in [7, 11) is 1.99. The van der Waals surface area contributed by atoms with Crippen molar-refractivity contribution in [3.8, 4) is 22.0 Å². The van der Waals surface area contributed by atoms with Crippen LogP contribution in [0.15, 0.2) is 69.7 Å². The minimum absolute atomic E-state index is 0. The standard InChI is InChI=1S/C22H24N6OS.HI/c1-3-23-22(25-12-17-15-29-21(26-17)19-10-7-11-30-19)28(2)14-20-24-13-18(27-20)16-8-5-4-6-9-16;/h4-11,13,15H,3,12,14H2,1-2H3,(H,23,25)(H,24,27);1H. The number of guanidine groups is 1. The van der Waals surface area contributed by atoms with Gasteiger partial charge in [-0.05, 0) is 23.9 Å². The maximum atomic E-state index is 5.58. The molecule has 9 heteroatoms. The molecule has 31 heavy (non-hydrogen) atoms. The third kappa shape index (κ3) is 5.95. The second-order valence-corrected chi connectivity index (χ2v) is 7.70. The zero-order chi connectivity index (χ0) is 20.8. The molecule has 1 aromatic carbocycles. The van der Waals surface area contributed by atoms with E-state index in [1.807, 2.05) is 53.9 Å². The molecular weight excluding hydrogens is 523 g/mol. The Morgan fingerprint density at radius 1 is 1.23 bits per heavy atom. The predicted octanol–water partition coefficient (Wildman–Crippen LogP) is 5.01. The van der Waals surface area contributed by atoms with Gasteiger partial charge >= 0.3 is 0 Å². The molecular formula is C22H25IN6OS. The number of rotatable bonds is 7. The lowest BCUT2D eigenvalue weighted by molar-refractivity contribution is 0.464. The lowest BCUT2D eigenvalue weighted by Crippen LogP contribution is -2.38. The van der Waals surface area contributed by atoms with Gasteiger partial charge in [-0.1, -0.05) is 36.4 Å². The number of H-pyrrole nitrogens is 1. The summed E-state index contributed by atoms with van der Waals surface area (Å²) in [6.07, 6.45) is 3.53. The van der Waals surface area contributed by atoms with Gasteiger partial charge in [0.1, 0.15) is 17.8 Å². The molecule has 0 spiro atoms. The first-order valence-electron chi connectivity index (χ1n) is 9.80. The van der Waals surface area contributed by atoms with Crippen molar-refractivity contribution in [2.24, 2.45) is 4.99 Å². The lowest BCUT2D eigenvalue weighted by atomic mass is 10.2. The fraction of sp³-hybridized carbons (Fsp3) is 0.227. The molecule has 0 unspecified atom stereocenters. The Kier molecular flexibility index (Phi) is 8.24. The molecule has 0 amide bonds. The highest BCUT2D eigenvalue weighted by Crippen LogP contribution is 2.23. The van der Waals surface area contributed by atoms with Crippen LogP contribution in [0, 0.1) is 0 Å². The molecule has 162 valence electrons. The van der Waals surface area contributed by atoms with Crippen LogP contribution < -0.4 is 5.32 Å². The fourth-order valence-electron chi connectivity index (χ4n) is 3.03. The van der Waals surface area contributed by atoms with E-state index < -0.39 is 0 Å². The van der Waals surface area contributed by atoms with Crippen LogP contribution in [-0.4, -0.2) is 39.4 Å². The monoisotopic (exact) mass is 548 g/mol. The van der Waals surface area contributed by atoms with E-state index in [4.69, 9.17) is 9.41 Å². The first kappa shape index (κ1) is 23.0. The Morgan fingerprint density at radius 2 is 2.06 bits per heavy atom. The van der Waals surface area contributed by atoms with Gasteiger partial charge in [-0.2, -0.15) is 0 Å². The van der Waals surface area contributed by atoms with Gasteiger partial charge in [0.15, 0.2) is 5.96 Å². The highest BCUT2D eigenvalue weighted by atomic mass is 127. The van der Waals surface area contributed by atoms with Gasteiger partial charge in [0, 0.05) is 13.6 Å². The molecule has 0 saturated carbocycles. The Bertz CT molecular complexity index is 1090. The van der Waals surface area contributed by atoms with Crippen molar-refractivity contribution >= 4 is 41.3 Å². The minimum Gasteiger partial charge on any atom is -0.443 e. The molecule has 0 atom stereocenters. The first-order chi connectivity index (χ1) is 14.7. The van der Waals surface area contributed by atoms with E-state index in [0.717, 1.165) is 40.2 Å². The summed E-state index contributed by atoms with van der Waals surface area (Å²) in [4.78, 5) is 20.2. The molecule has 3 heterocycles. The average Bonchev–Trinajstić information content (AvgIpc) is 3.53. The predicted molar refractivity (Wildman–Crippen MR) is 136 cm³/mol.